The highest BCUT2D eigenvalue weighted by atomic mass is 16.5. The summed E-state index contributed by atoms with van der Waals surface area (Å²) in [5, 5.41) is 11.8. The predicted octanol–water partition coefficient (Wildman–Crippen LogP) is 7.14. The lowest BCUT2D eigenvalue weighted by molar-refractivity contribution is -0.137. The summed E-state index contributed by atoms with van der Waals surface area (Å²) in [5.74, 6) is 0.653. The van der Waals surface area contributed by atoms with Gasteiger partial charge in [0.05, 0.1) is 12.2 Å². The number of carbonyl (C=O) groups excluding carboxylic acids is 1. The molecule has 1 atom stereocenters. The van der Waals surface area contributed by atoms with Crippen LogP contribution in [0.25, 0.3) is 0 Å². The number of carboxylic acids is 1. The van der Waals surface area contributed by atoms with Crippen molar-refractivity contribution in [2.24, 2.45) is 5.92 Å². The molecule has 37 heavy (non-hydrogen) atoms. The molecule has 3 aromatic rings. The molecule has 3 rings (SSSR count). The van der Waals surface area contributed by atoms with Crippen molar-refractivity contribution >= 4 is 17.6 Å². The zero-order chi connectivity index (χ0) is 26.9. The number of rotatable bonds is 12. The van der Waals surface area contributed by atoms with Gasteiger partial charge in [-0.05, 0) is 86.1 Å². The van der Waals surface area contributed by atoms with Gasteiger partial charge in [-0.1, -0.05) is 50.2 Å². The molecule has 1 amide bonds. The molecule has 2 N–H and O–H groups in total. The monoisotopic (exact) mass is 503 g/mol. The topological polar surface area (TPSA) is 84.9 Å². The number of aliphatic carboxylic acids is 1. The van der Waals surface area contributed by atoms with Gasteiger partial charge in [0.1, 0.15) is 17.6 Å². The summed E-state index contributed by atoms with van der Waals surface area (Å²) in [4.78, 5) is 23.8. The Hall–Kier alpha value is -3.80. The van der Waals surface area contributed by atoms with E-state index in [1.54, 1.807) is 24.3 Å². The molecule has 0 saturated heterocycles. The Bertz CT molecular complexity index is 1220. The Kier molecular flexibility index (Phi) is 9.72. The number of aryl methyl sites for hydroxylation is 2. The van der Waals surface area contributed by atoms with Crippen molar-refractivity contribution in [3.63, 3.8) is 0 Å². The highest BCUT2D eigenvalue weighted by Gasteiger charge is 2.16. The lowest BCUT2D eigenvalue weighted by Gasteiger charge is -2.19. The van der Waals surface area contributed by atoms with Crippen LogP contribution in [0.5, 0.6) is 11.5 Å². The van der Waals surface area contributed by atoms with Crippen molar-refractivity contribution in [1.82, 2.24) is 0 Å². The number of amides is 1. The van der Waals surface area contributed by atoms with Crippen molar-refractivity contribution in [3.8, 4) is 11.5 Å². The number of anilines is 1. The minimum Gasteiger partial charge on any atom is -0.493 e. The smallest absolute Gasteiger partial charge is 0.303 e. The summed E-state index contributed by atoms with van der Waals surface area (Å²) < 4.78 is 12.0. The molecule has 0 aliphatic heterocycles. The van der Waals surface area contributed by atoms with Crippen LogP contribution in [-0.2, 0) is 11.2 Å². The Morgan fingerprint density at radius 2 is 1.62 bits per heavy atom. The summed E-state index contributed by atoms with van der Waals surface area (Å²) >= 11 is 0. The van der Waals surface area contributed by atoms with Crippen molar-refractivity contribution in [3.05, 3.63) is 88.5 Å². The summed E-state index contributed by atoms with van der Waals surface area (Å²) in [5.41, 5.74) is 5.33. The second-order valence-electron chi connectivity index (χ2n) is 9.83. The zero-order valence-electron chi connectivity index (χ0n) is 22.3. The summed E-state index contributed by atoms with van der Waals surface area (Å²) in [6.07, 6.45) is 1.33. The van der Waals surface area contributed by atoms with E-state index < -0.39 is 5.97 Å². The first-order valence-electron chi connectivity index (χ1n) is 12.8. The van der Waals surface area contributed by atoms with Gasteiger partial charge in [0.25, 0.3) is 5.91 Å². The summed E-state index contributed by atoms with van der Waals surface area (Å²) in [7, 11) is 0. The van der Waals surface area contributed by atoms with Gasteiger partial charge >= 0.3 is 5.97 Å². The number of carbonyl (C=O) groups is 2. The van der Waals surface area contributed by atoms with Gasteiger partial charge in [0.2, 0.25) is 0 Å². The maximum atomic E-state index is 13.1. The lowest BCUT2D eigenvalue weighted by atomic mass is 10.0. The molecule has 0 aliphatic rings. The van der Waals surface area contributed by atoms with Crippen LogP contribution in [0.1, 0.15) is 72.3 Å². The van der Waals surface area contributed by atoms with Crippen LogP contribution in [0.3, 0.4) is 0 Å². The van der Waals surface area contributed by atoms with E-state index in [2.05, 4.69) is 43.4 Å². The molecule has 1 unspecified atom stereocenters. The Labute approximate surface area is 219 Å². The molecule has 3 aromatic carbocycles. The minimum absolute atomic E-state index is 0.0172. The van der Waals surface area contributed by atoms with Crippen LogP contribution in [0.15, 0.2) is 60.7 Å². The molecule has 0 aromatic heterocycles. The van der Waals surface area contributed by atoms with Crippen LogP contribution < -0.4 is 14.8 Å². The third-order valence-electron chi connectivity index (χ3n) is 6.09. The van der Waals surface area contributed by atoms with Gasteiger partial charge in [0, 0.05) is 12.1 Å². The van der Waals surface area contributed by atoms with Crippen molar-refractivity contribution < 1.29 is 24.2 Å². The number of hydrogen-bond donors (Lipinski definition) is 2. The van der Waals surface area contributed by atoms with Gasteiger partial charge in [-0.15, -0.1) is 0 Å². The molecule has 0 saturated carbocycles. The molecule has 0 aliphatic carbocycles. The Morgan fingerprint density at radius 1 is 0.919 bits per heavy atom. The SMILES string of the molecule is Cc1cc(OC(C)c2ccc(CC(C)C)cc2)c(C)cc1NC(=O)c1ccccc1OCCCC(=O)O. The molecule has 0 radical (unpaired) electrons. The summed E-state index contributed by atoms with van der Waals surface area (Å²) in [6.45, 7) is 10.6. The highest BCUT2D eigenvalue weighted by molar-refractivity contribution is 6.06. The van der Waals surface area contributed by atoms with E-state index in [4.69, 9.17) is 14.6 Å². The number of nitrogens with one attached hydrogen (secondary N) is 1. The fourth-order valence-corrected chi connectivity index (χ4v) is 4.08. The normalized spacial score (nSPS) is 11.7. The molecular formula is C31H37NO5. The van der Waals surface area contributed by atoms with E-state index in [0.717, 1.165) is 28.9 Å². The minimum atomic E-state index is -0.873. The average molecular weight is 504 g/mol. The number of benzene rings is 3. The van der Waals surface area contributed by atoms with Crippen molar-refractivity contribution in [1.29, 1.82) is 0 Å². The van der Waals surface area contributed by atoms with E-state index >= 15 is 0 Å². The number of para-hydroxylation sites is 1. The third-order valence-corrected chi connectivity index (χ3v) is 6.09. The first-order valence-corrected chi connectivity index (χ1v) is 12.8. The van der Waals surface area contributed by atoms with E-state index in [0.29, 0.717) is 29.3 Å². The molecular weight excluding hydrogens is 466 g/mol. The van der Waals surface area contributed by atoms with E-state index in [1.165, 1.54) is 5.56 Å². The van der Waals surface area contributed by atoms with Crippen LogP contribution >= 0.6 is 0 Å². The molecule has 196 valence electrons. The fourth-order valence-electron chi connectivity index (χ4n) is 4.08. The fraction of sp³-hybridized carbons (Fsp3) is 0.355. The van der Waals surface area contributed by atoms with Gasteiger partial charge in [-0.2, -0.15) is 0 Å². The van der Waals surface area contributed by atoms with Gasteiger partial charge in [-0.25, -0.2) is 0 Å². The molecule has 0 fully saturated rings. The lowest BCUT2D eigenvalue weighted by Crippen LogP contribution is -2.15. The molecule has 0 bridgehead atoms. The van der Waals surface area contributed by atoms with Crippen LogP contribution in [0, 0.1) is 19.8 Å². The van der Waals surface area contributed by atoms with Gasteiger partial charge in [-0.3, -0.25) is 9.59 Å². The molecule has 6 heteroatoms. The average Bonchev–Trinajstić information content (AvgIpc) is 2.85. The largest absolute Gasteiger partial charge is 0.493 e. The number of ether oxygens (including phenoxy) is 2. The van der Waals surface area contributed by atoms with Crippen molar-refractivity contribution in [2.75, 3.05) is 11.9 Å². The van der Waals surface area contributed by atoms with Gasteiger partial charge < -0.3 is 19.9 Å². The van der Waals surface area contributed by atoms with E-state index in [9.17, 15) is 9.59 Å². The Morgan fingerprint density at radius 3 is 2.30 bits per heavy atom. The quantitative estimate of drug-likeness (QED) is 0.257. The molecule has 6 nitrogen and oxygen atoms in total. The van der Waals surface area contributed by atoms with E-state index in [1.807, 2.05) is 32.9 Å². The number of hydrogen-bond acceptors (Lipinski definition) is 4. The predicted molar refractivity (Wildman–Crippen MR) is 147 cm³/mol. The first-order chi connectivity index (χ1) is 17.6. The van der Waals surface area contributed by atoms with Crippen molar-refractivity contribution in [2.45, 2.75) is 60.0 Å². The van der Waals surface area contributed by atoms with Crippen LogP contribution in [0.2, 0.25) is 0 Å². The van der Waals surface area contributed by atoms with E-state index in [-0.39, 0.29) is 25.0 Å². The summed E-state index contributed by atoms with van der Waals surface area (Å²) in [6, 6.07) is 19.4. The zero-order valence-corrected chi connectivity index (χ0v) is 22.3. The standard InChI is InChI=1S/C31H37NO5/c1-20(2)17-24-12-14-25(15-13-24)23(5)37-29-19-21(3)27(18-22(29)4)32-31(35)26-9-6-7-10-28(26)36-16-8-11-30(33)34/h6-7,9-10,12-15,18-20,23H,8,11,16-17H2,1-5H3,(H,32,35)(H,33,34). The second-order valence-corrected chi connectivity index (χ2v) is 9.83. The van der Waals surface area contributed by atoms with Crippen LogP contribution in [0.4, 0.5) is 5.69 Å². The van der Waals surface area contributed by atoms with Crippen LogP contribution in [-0.4, -0.2) is 23.6 Å². The Balaban J connectivity index is 1.68. The second kappa shape index (κ2) is 12.9. The maximum Gasteiger partial charge on any atom is 0.303 e. The first kappa shape index (κ1) is 27.8. The third kappa shape index (κ3) is 8.10. The maximum absolute atomic E-state index is 13.1. The molecule has 0 spiro atoms. The molecule has 0 heterocycles. The number of carboxylic acid groups (broad SMARTS) is 1. The van der Waals surface area contributed by atoms with Gasteiger partial charge in [0.15, 0.2) is 0 Å². The highest BCUT2D eigenvalue weighted by Crippen LogP contribution is 2.31.